The molecule has 4 amide bonds. The maximum absolute atomic E-state index is 13.0. The van der Waals surface area contributed by atoms with E-state index in [0.29, 0.717) is 50.9 Å². The summed E-state index contributed by atoms with van der Waals surface area (Å²) in [6.07, 6.45) is 4.81. The molecule has 0 unspecified atom stereocenters. The molecule has 39 heavy (non-hydrogen) atoms. The first-order valence-corrected chi connectivity index (χ1v) is 14.3. The molecule has 226 valence electrons. The lowest BCUT2D eigenvalue weighted by Crippen LogP contribution is -2.59. The molecule has 0 aromatic heterocycles. The van der Waals surface area contributed by atoms with Crippen LogP contribution in [0, 0.1) is 0 Å². The molecule has 0 aromatic carbocycles. The highest BCUT2D eigenvalue weighted by Gasteiger charge is 2.31. The van der Waals surface area contributed by atoms with Gasteiger partial charge in [0.25, 0.3) is 0 Å². The van der Waals surface area contributed by atoms with E-state index in [1.807, 2.05) is 6.26 Å². The number of nitrogens with two attached hydrogens (primary N) is 3. The molecule has 0 heterocycles. The molecule has 0 saturated heterocycles. The van der Waals surface area contributed by atoms with Crippen LogP contribution < -0.4 is 38.5 Å². The highest BCUT2D eigenvalue weighted by molar-refractivity contribution is 7.98. The number of amides is 4. The van der Waals surface area contributed by atoms with Gasteiger partial charge in [0.1, 0.15) is 24.2 Å². The van der Waals surface area contributed by atoms with Crippen LogP contribution in [0.25, 0.3) is 0 Å². The second-order valence-electron chi connectivity index (χ2n) is 8.90. The summed E-state index contributed by atoms with van der Waals surface area (Å²) >= 11 is 1.44. The number of aliphatic hydroxyl groups is 2. The molecule has 0 fully saturated rings. The molecule has 0 aliphatic rings. The normalized spacial score (nSPS) is 14.8. The lowest BCUT2D eigenvalue weighted by molar-refractivity contribution is -0.143. The van der Waals surface area contributed by atoms with Crippen LogP contribution in [-0.4, -0.2) is 113 Å². The number of carboxylic acid groups (broad SMARTS) is 1. The molecule has 0 rings (SSSR count). The van der Waals surface area contributed by atoms with Crippen molar-refractivity contribution < 1.29 is 39.3 Å². The number of carbonyl (C=O) groups excluding carboxylic acids is 4. The van der Waals surface area contributed by atoms with Crippen LogP contribution in [0.5, 0.6) is 0 Å². The Hall–Kier alpha value is -2.50. The van der Waals surface area contributed by atoms with E-state index in [4.69, 9.17) is 22.3 Å². The van der Waals surface area contributed by atoms with Gasteiger partial charge in [0.15, 0.2) is 0 Å². The predicted molar refractivity (Wildman–Crippen MR) is 146 cm³/mol. The maximum Gasteiger partial charge on any atom is 0.328 e. The lowest BCUT2D eigenvalue weighted by Gasteiger charge is -2.25. The van der Waals surface area contributed by atoms with Gasteiger partial charge in [-0.05, 0) is 63.6 Å². The Bertz CT molecular complexity index is 777. The van der Waals surface area contributed by atoms with E-state index in [1.54, 1.807) is 0 Å². The highest BCUT2D eigenvalue weighted by Crippen LogP contribution is 2.06. The number of unbranched alkanes of at least 4 members (excludes halogenated alkanes) is 2. The SMILES string of the molecule is CSCC[C@H](NC(=O)[C@@H](N)CCCCN)C(=O)N[C@@H](CO)C(=O)N[C@@H](CCCCN)C(=O)N[C@@H](CO)C(=O)O. The summed E-state index contributed by atoms with van der Waals surface area (Å²) < 4.78 is 0. The van der Waals surface area contributed by atoms with E-state index in [0.717, 1.165) is 0 Å². The third-order valence-electron chi connectivity index (χ3n) is 5.74. The van der Waals surface area contributed by atoms with Crippen LogP contribution in [0.3, 0.4) is 0 Å². The topological polar surface area (TPSA) is 272 Å². The first kappa shape index (κ1) is 36.5. The zero-order chi connectivity index (χ0) is 29.8. The van der Waals surface area contributed by atoms with Crippen molar-refractivity contribution in [3.8, 4) is 0 Å². The third-order valence-corrected chi connectivity index (χ3v) is 6.39. The first-order chi connectivity index (χ1) is 18.6. The Morgan fingerprint density at radius 2 is 1.10 bits per heavy atom. The molecule has 0 spiro atoms. The van der Waals surface area contributed by atoms with Gasteiger partial charge in [-0.2, -0.15) is 11.8 Å². The summed E-state index contributed by atoms with van der Waals surface area (Å²) in [5, 5.41) is 37.6. The van der Waals surface area contributed by atoms with Gasteiger partial charge in [-0.25, -0.2) is 4.79 Å². The second-order valence-corrected chi connectivity index (χ2v) is 9.89. The number of hydrogen-bond acceptors (Lipinski definition) is 11. The van der Waals surface area contributed by atoms with Crippen molar-refractivity contribution in [2.75, 3.05) is 38.3 Å². The van der Waals surface area contributed by atoms with Crippen molar-refractivity contribution in [1.82, 2.24) is 21.3 Å². The largest absolute Gasteiger partial charge is 0.480 e. The molecule has 0 radical (unpaired) electrons. The highest BCUT2D eigenvalue weighted by atomic mass is 32.2. The van der Waals surface area contributed by atoms with Gasteiger partial charge in [-0.3, -0.25) is 19.2 Å². The fourth-order valence-corrected chi connectivity index (χ4v) is 3.85. The third kappa shape index (κ3) is 15.0. The molecular weight excluding hydrogens is 534 g/mol. The van der Waals surface area contributed by atoms with Gasteiger partial charge in [-0.15, -0.1) is 0 Å². The van der Waals surface area contributed by atoms with Crippen molar-refractivity contribution in [1.29, 1.82) is 0 Å². The van der Waals surface area contributed by atoms with E-state index in [9.17, 15) is 34.2 Å². The van der Waals surface area contributed by atoms with E-state index in [-0.39, 0.29) is 12.8 Å². The number of thioether (sulfide) groups is 1. The van der Waals surface area contributed by atoms with Gasteiger partial charge in [0, 0.05) is 0 Å². The molecule has 0 saturated carbocycles. The first-order valence-electron chi connectivity index (χ1n) is 12.9. The fourth-order valence-electron chi connectivity index (χ4n) is 3.38. The predicted octanol–water partition coefficient (Wildman–Crippen LogP) is -3.67. The van der Waals surface area contributed by atoms with E-state index < -0.39 is 73.0 Å². The van der Waals surface area contributed by atoms with Gasteiger partial charge in [-0.1, -0.05) is 6.42 Å². The summed E-state index contributed by atoms with van der Waals surface area (Å²) in [6.45, 7) is -0.884. The number of aliphatic carboxylic acids is 1. The summed E-state index contributed by atoms with van der Waals surface area (Å²) in [4.78, 5) is 62.2. The van der Waals surface area contributed by atoms with Crippen molar-refractivity contribution >= 4 is 41.4 Å². The van der Waals surface area contributed by atoms with Gasteiger partial charge >= 0.3 is 5.97 Å². The number of aliphatic hydroxyl groups excluding tert-OH is 2. The summed E-state index contributed by atoms with van der Waals surface area (Å²) in [7, 11) is 0. The molecule has 15 nitrogen and oxygen atoms in total. The van der Waals surface area contributed by atoms with Crippen LogP contribution in [0.1, 0.15) is 44.9 Å². The van der Waals surface area contributed by atoms with Gasteiger partial charge in [0.05, 0.1) is 19.3 Å². The molecule has 5 atom stereocenters. The smallest absolute Gasteiger partial charge is 0.328 e. The number of carboxylic acids is 1. The molecule has 0 aliphatic carbocycles. The van der Waals surface area contributed by atoms with E-state index >= 15 is 0 Å². The van der Waals surface area contributed by atoms with Crippen LogP contribution in [0.2, 0.25) is 0 Å². The maximum atomic E-state index is 13.0. The lowest BCUT2D eigenvalue weighted by atomic mass is 10.1. The number of hydrogen-bond donors (Lipinski definition) is 10. The quantitative estimate of drug-likeness (QED) is 0.0556. The molecule has 16 heteroatoms. The van der Waals surface area contributed by atoms with Crippen LogP contribution in [0.4, 0.5) is 0 Å². The Kier molecular flexibility index (Phi) is 20.0. The summed E-state index contributed by atoms with van der Waals surface area (Å²) in [5.74, 6) is -3.98. The fraction of sp³-hybridized carbons (Fsp3) is 0.783. The Labute approximate surface area is 232 Å². The Balaban J connectivity index is 5.43. The Morgan fingerprint density at radius 1 is 0.667 bits per heavy atom. The second kappa shape index (κ2) is 21.3. The van der Waals surface area contributed by atoms with Crippen molar-refractivity contribution in [2.45, 2.75) is 75.2 Å². The van der Waals surface area contributed by atoms with E-state index in [2.05, 4.69) is 21.3 Å². The monoisotopic (exact) mass is 579 g/mol. The minimum Gasteiger partial charge on any atom is -0.480 e. The summed E-state index contributed by atoms with van der Waals surface area (Å²) in [5.41, 5.74) is 16.9. The zero-order valence-electron chi connectivity index (χ0n) is 22.4. The Morgan fingerprint density at radius 3 is 1.59 bits per heavy atom. The molecular formula is C23H45N7O8S. The minimum atomic E-state index is -1.58. The number of carbonyl (C=O) groups is 5. The molecule has 0 aromatic rings. The van der Waals surface area contributed by atoms with Crippen molar-refractivity contribution in [3.63, 3.8) is 0 Å². The van der Waals surface area contributed by atoms with Crippen LogP contribution in [-0.2, 0) is 24.0 Å². The molecule has 0 bridgehead atoms. The van der Waals surface area contributed by atoms with Crippen molar-refractivity contribution in [3.05, 3.63) is 0 Å². The molecule has 13 N–H and O–H groups in total. The van der Waals surface area contributed by atoms with Gasteiger partial charge in [0.2, 0.25) is 23.6 Å². The average molecular weight is 580 g/mol. The zero-order valence-corrected chi connectivity index (χ0v) is 23.2. The molecule has 0 aliphatic heterocycles. The minimum absolute atomic E-state index is 0.0904. The van der Waals surface area contributed by atoms with Crippen molar-refractivity contribution in [2.24, 2.45) is 17.2 Å². The standard InChI is InChI=1S/C23H45N7O8S/c1-39-11-8-16(27-19(33)14(26)6-2-4-9-24)21(35)29-17(12-31)22(36)28-15(7-3-5-10-25)20(34)30-18(13-32)23(37)38/h14-18,31-32H,2-13,24-26H2,1H3,(H,27,33)(H,28,36)(H,29,35)(H,30,34)(H,37,38)/t14-,15-,16-,17-,18-/m0/s1. The number of nitrogens with one attached hydrogen (secondary N) is 4. The summed E-state index contributed by atoms with van der Waals surface area (Å²) in [6, 6.07) is -6.15. The van der Waals surface area contributed by atoms with Gasteiger partial charge < -0.3 is 53.8 Å². The van der Waals surface area contributed by atoms with Crippen LogP contribution >= 0.6 is 11.8 Å². The number of rotatable bonds is 22. The van der Waals surface area contributed by atoms with Crippen LogP contribution in [0.15, 0.2) is 0 Å². The van der Waals surface area contributed by atoms with E-state index in [1.165, 1.54) is 11.8 Å². The average Bonchev–Trinajstić information content (AvgIpc) is 2.91.